The highest BCUT2D eigenvalue weighted by molar-refractivity contribution is 14.0. The Morgan fingerprint density at radius 2 is 2.24 bits per heavy atom. The molecule has 3 heterocycles. The molecular weight excluding hydrogens is 451 g/mol. The van der Waals surface area contributed by atoms with Gasteiger partial charge in [0, 0.05) is 44.6 Å². The summed E-state index contributed by atoms with van der Waals surface area (Å²) in [6.07, 6.45) is 3.54. The first-order valence-corrected chi connectivity index (χ1v) is 9.81. The van der Waals surface area contributed by atoms with Crippen LogP contribution in [0.25, 0.3) is 0 Å². The number of rotatable bonds is 5. The molecule has 0 saturated carbocycles. The number of guanidine groups is 1. The SMILES string of the molecule is CCNC(=NCCc1csc(C)n1)N1CCOC(C2CCCO2)C1.I. The van der Waals surface area contributed by atoms with E-state index in [1.54, 1.807) is 11.3 Å². The highest BCUT2D eigenvalue weighted by atomic mass is 127. The number of thiazole rings is 1. The van der Waals surface area contributed by atoms with E-state index in [1.807, 2.05) is 6.92 Å². The Bertz CT molecular complexity index is 549. The molecule has 2 saturated heterocycles. The van der Waals surface area contributed by atoms with Crippen LogP contribution in [0.15, 0.2) is 10.4 Å². The van der Waals surface area contributed by atoms with Crippen molar-refractivity contribution < 1.29 is 9.47 Å². The Hall–Kier alpha value is -0.450. The topological polar surface area (TPSA) is 59.0 Å². The van der Waals surface area contributed by atoms with E-state index < -0.39 is 0 Å². The molecule has 25 heavy (non-hydrogen) atoms. The van der Waals surface area contributed by atoms with Gasteiger partial charge in [-0.3, -0.25) is 4.99 Å². The lowest BCUT2D eigenvalue weighted by Gasteiger charge is -2.37. The number of morpholine rings is 1. The number of aliphatic imine (C=N–C) groups is 1. The molecule has 1 aromatic heterocycles. The Labute approximate surface area is 171 Å². The van der Waals surface area contributed by atoms with Crippen LogP contribution in [0.1, 0.15) is 30.5 Å². The first-order chi connectivity index (χ1) is 11.8. The minimum atomic E-state index is 0. The highest BCUT2D eigenvalue weighted by Crippen LogP contribution is 2.21. The summed E-state index contributed by atoms with van der Waals surface area (Å²) >= 11 is 1.70. The molecule has 0 spiro atoms. The number of nitrogens with one attached hydrogen (secondary N) is 1. The first kappa shape index (κ1) is 20.9. The number of hydrogen-bond acceptors (Lipinski definition) is 5. The van der Waals surface area contributed by atoms with Crippen molar-refractivity contribution in [1.82, 2.24) is 15.2 Å². The van der Waals surface area contributed by atoms with E-state index in [0.29, 0.717) is 0 Å². The van der Waals surface area contributed by atoms with Gasteiger partial charge in [-0.25, -0.2) is 4.98 Å². The number of halogens is 1. The molecule has 2 aliphatic heterocycles. The Morgan fingerprint density at radius 3 is 2.92 bits per heavy atom. The van der Waals surface area contributed by atoms with Crippen molar-refractivity contribution in [2.45, 2.75) is 45.3 Å². The smallest absolute Gasteiger partial charge is 0.194 e. The van der Waals surface area contributed by atoms with Gasteiger partial charge in [0.1, 0.15) is 6.10 Å². The van der Waals surface area contributed by atoms with Gasteiger partial charge in [-0.1, -0.05) is 0 Å². The molecule has 2 aliphatic rings. The van der Waals surface area contributed by atoms with Gasteiger partial charge in [-0.2, -0.15) is 0 Å². The molecule has 142 valence electrons. The number of ether oxygens (including phenoxy) is 2. The summed E-state index contributed by atoms with van der Waals surface area (Å²) in [6.45, 7) is 9.12. The molecule has 0 aromatic carbocycles. The van der Waals surface area contributed by atoms with Crippen LogP contribution >= 0.6 is 35.3 Å². The molecule has 2 unspecified atom stereocenters. The van der Waals surface area contributed by atoms with Crippen molar-refractivity contribution in [3.8, 4) is 0 Å². The molecule has 0 bridgehead atoms. The molecule has 0 aliphatic carbocycles. The summed E-state index contributed by atoms with van der Waals surface area (Å²) < 4.78 is 11.7. The maximum Gasteiger partial charge on any atom is 0.194 e. The van der Waals surface area contributed by atoms with Gasteiger partial charge in [-0.15, -0.1) is 35.3 Å². The maximum absolute atomic E-state index is 5.94. The summed E-state index contributed by atoms with van der Waals surface area (Å²) in [7, 11) is 0. The zero-order valence-corrected chi connectivity index (χ0v) is 18.2. The molecule has 6 nitrogen and oxygen atoms in total. The zero-order chi connectivity index (χ0) is 16.8. The normalized spacial score (nSPS) is 24.2. The van der Waals surface area contributed by atoms with Crippen molar-refractivity contribution in [2.24, 2.45) is 4.99 Å². The summed E-state index contributed by atoms with van der Waals surface area (Å²) in [5.41, 5.74) is 1.14. The van der Waals surface area contributed by atoms with Crippen LogP contribution in [0.2, 0.25) is 0 Å². The number of hydrogen-bond donors (Lipinski definition) is 1. The lowest BCUT2D eigenvalue weighted by Crippen LogP contribution is -2.53. The van der Waals surface area contributed by atoms with Crippen molar-refractivity contribution in [1.29, 1.82) is 0 Å². The third-order valence-electron chi connectivity index (χ3n) is 4.40. The minimum Gasteiger partial charge on any atom is -0.375 e. The highest BCUT2D eigenvalue weighted by Gasteiger charge is 2.32. The summed E-state index contributed by atoms with van der Waals surface area (Å²) in [4.78, 5) is 11.6. The Balaban J connectivity index is 0.00000225. The van der Waals surface area contributed by atoms with Crippen LogP contribution in [0, 0.1) is 6.92 Å². The first-order valence-electron chi connectivity index (χ1n) is 8.93. The van der Waals surface area contributed by atoms with Gasteiger partial charge in [0.05, 0.1) is 23.4 Å². The number of nitrogens with zero attached hydrogens (tertiary/aromatic N) is 3. The standard InChI is InChI=1S/C17H28N4O2S.HI/c1-3-18-17(19-7-6-14-12-24-13(2)20-14)21-8-10-23-16(11-21)15-5-4-9-22-15;/h12,15-16H,3-11H2,1-2H3,(H,18,19);1H. The van der Waals surface area contributed by atoms with E-state index in [1.165, 1.54) is 0 Å². The molecule has 2 atom stereocenters. The Morgan fingerprint density at radius 1 is 1.40 bits per heavy atom. The molecule has 8 heteroatoms. The quantitative estimate of drug-likeness (QED) is 0.399. The van der Waals surface area contributed by atoms with E-state index in [9.17, 15) is 0 Å². The van der Waals surface area contributed by atoms with Crippen LogP contribution in [0.4, 0.5) is 0 Å². The van der Waals surface area contributed by atoms with Gasteiger partial charge in [0.15, 0.2) is 5.96 Å². The molecule has 0 radical (unpaired) electrons. The van der Waals surface area contributed by atoms with Gasteiger partial charge in [0.2, 0.25) is 0 Å². The van der Waals surface area contributed by atoms with Crippen molar-refractivity contribution in [2.75, 3.05) is 39.4 Å². The molecule has 2 fully saturated rings. The average Bonchev–Trinajstić information content (AvgIpc) is 3.26. The Kier molecular flexibility index (Phi) is 8.88. The van der Waals surface area contributed by atoms with Gasteiger partial charge in [-0.05, 0) is 26.7 Å². The second-order valence-electron chi connectivity index (χ2n) is 6.25. The fourth-order valence-corrected chi connectivity index (χ4v) is 3.86. The maximum atomic E-state index is 5.94. The lowest BCUT2D eigenvalue weighted by atomic mass is 10.1. The molecule has 3 rings (SSSR count). The fourth-order valence-electron chi connectivity index (χ4n) is 3.21. The lowest BCUT2D eigenvalue weighted by molar-refractivity contribution is -0.0817. The number of aromatic nitrogens is 1. The minimum absolute atomic E-state index is 0. The van der Waals surface area contributed by atoms with Crippen LogP contribution < -0.4 is 5.32 Å². The van der Waals surface area contributed by atoms with Gasteiger partial charge >= 0.3 is 0 Å². The predicted octanol–water partition coefficient (Wildman–Crippen LogP) is 2.46. The van der Waals surface area contributed by atoms with Crippen molar-refractivity contribution in [3.63, 3.8) is 0 Å². The van der Waals surface area contributed by atoms with Crippen molar-refractivity contribution in [3.05, 3.63) is 16.1 Å². The average molecular weight is 480 g/mol. The van der Waals surface area contributed by atoms with E-state index in [0.717, 1.165) is 75.3 Å². The van der Waals surface area contributed by atoms with Gasteiger partial charge in [0.25, 0.3) is 0 Å². The van der Waals surface area contributed by atoms with Crippen LogP contribution in [-0.2, 0) is 15.9 Å². The van der Waals surface area contributed by atoms with Crippen LogP contribution in [0.3, 0.4) is 0 Å². The summed E-state index contributed by atoms with van der Waals surface area (Å²) in [6, 6.07) is 0. The second kappa shape index (κ2) is 10.6. The third-order valence-corrected chi connectivity index (χ3v) is 5.23. The zero-order valence-electron chi connectivity index (χ0n) is 15.1. The van der Waals surface area contributed by atoms with E-state index in [-0.39, 0.29) is 36.2 Å². The fraction of sp³-hybridized carbons (Fsp3) is 0.765. The molecule has 0 amide bonds. The van der Waals surface area contributed by atoms with Crippen LogP contribution in [0.5, 0.6) is 0 Å². The molecular formula is C17H29IN4O2S. The largest absolute Gasteiger partial charge is 0.375 e. The van der Waals surface area contributed by atoms with E-state index in [4.69, 9.17) is 14.5 Å². The van der Waals surface area contributed by atoms with Crippen molar-refractivity contribution >= 4 is 41.3 Å². The second-order valence-corrected chi connectivity index (χ2v) is 7.31. The third kappa shape index (κ3) is 6.04. The van der Waals surface area contributed by atoms with E-state index in [2.05, 4.69) is 27.5 Å². The molecule has 1 aromatic rings. The summed E-state index contributed by atoms with van der Waals surface area (Å²) in [5.74, 6) is 0.982. The molecule has 1 N–H and O–H groups in total. The predicted molar refractivity (Wildman–Crippen MR) is 112 cm³/mol. The van der Waals surface area contributed by atoms with E-state index >= 15 is 0 Å². The van der Waals surface area contributed by atoms with Crippen LogP contribution in [-0.4, -0.2) is 67.4 Å². The summed E-state index contributed by atoms with van der Waals surface area (Å²) in [5, 5.41) is 6.66. The monoisotopic (exact) mass is 480 g/mol. The number of aryl methyl sites for hydroxylation is 1. The van der Waals surface area contributed by atoms with Gasteiger partial charge < -0.3 is 19.7 Å².